The van der Waals surface area contributed by atoms with Crippen molar-refractivity contribution in [2.45, 2.75) is 26.7 Å². The van der Waals surface area contributed by atoms with Crippen LogP contribution in [0.3, 0.4) is 0 Å². The standard InChI is InChI=1S/C19H21NO5/c1-9(2)15-11-4-5-12(15)17(19(22)23)16(11)18(21)20-10-3-6-13-14(7-10)25-8-24-13/h3,6-7,11-12,16-17H,4-5,8H2,1-2H3,(H,20,21)(H,22,23)/t11-,12-,16+,17-/m1/s1. The summed E-state index contributed by atoms with van der Waals surface area (Å²) in [5, 5.41) is 12.6. The zero-order chi connectivity index (χ0) is 17.7. The molecule has 4 rings (SSSR count). The molecule has 0 radical (unpaired) electrons. The van der Waals surface area contributed by atoms with E-state index in [9.17, 15) is 14.7 Å². The van der Waals surface area contributed by atoms with Crippen molar-refractivity contribution in [3.63, 3.8) is 0 Å². The van der Waals surface area contributed by atoms with Crippen LogP contribution in [0.4, 0.5) is 5.69 Å². The molecule has 4 atom stereocenters. The predicted octanol–water partition coefficient (Wildman–Crippen LogP) is 3.05. The molecule has 1 aromatic rings. The molecule has 6 heteroatoms. The summed E-state index contributed by atoms with van der Waals surface area (Å²) in [5.41, 5.74) is 2.93. The average molecular weight is 343 g/mol. The number of hydrogen-bond donors (Lipinski definition) is 2. The second-order valence-corrected chi connectivity index (χ2v) is 7.19. The number of aliphatic carboxylic acids is 1. The van der Waals surface area contributed by atoms with Crippen LogP contribution in [0.5, 0.6) is 11.5 Å². The normalized spacial score (nSPS) is 29.0. The van der Waals surface area contributed by atoms with Crippen LogP contribution < -0.4 is 14.8 Å². The van der Waals surface area contributed by atoms with E-state index < -0.39 is 17.8 Å². The van der Waals surface area contributed by atoms with E-state index in [1.807, 2.05) is 13.8 Å². The molecule has 132 valence electrons. The van der Waals surface area contributed by atoms with E-state index in [2.05, 4.69) is 5.32 Å². The van der Waals surface area contributed by atoms with Crippen molar-refractivity contribution >= 4 is 17.6 Å². The van der Waals surface area contributed by atoms with Crippen LogP contribution in [0.2, 0.25) is 0 Å². The van der Waals surface area contributed by atoms with Gasteiger partial charge in [0.25, 0.3) is 0 Å². The molecule has 25 heavy (non-hydrogen) atoms. The number of rotatable bonds is 3. The third-order valence-electron chi connectivity index (χ3n) is 5.65. The molecule has 6 nitrogen and oxygen atoms in total. The van der Waals surface area contributed by atoms with Crippen LogP contribution in [-0.2, 0) is 9.59 Å². The van der Waals surface area contributed by atoms with Gasteiger partial charge < -0.3 is 19.9 Å². The van der Waals surface area contributed by atoms with Crippen molar-refractivity contribution in [1.82, 2.24) is 0 Å². The number of hydrogen-bond acceptors (Lipinski definition) is 4. The van der Waals surface area contributed by atoms with E-state index in [-0.39, 0.29) is 24.5 Å². The van der Waals surface area contributed by atoms with Crippen molar-refractivity contribution in [2.75, 3.05) is 12.1 Å². The van der Waals surface area contributed by atoms with E-state index in [1.54, 1.807) is 18.2 Å². The summed E-state index contributed by atoms with van der Waals surface area (Å²) < 4.78 is 10.6. The predicted molar refractivity (Wildman–Crippen MR) is 90.4 cm³/mol. The zero-order valence-electron chi connectivity index (χ0n) is 14.2. The molecular weight excluding hydrogens is 322 g/mol. The number of carbonyl (C=O) groups excluding carboxylic acids is 1. The van der Waals surface area contributed by atoms with Gasteiger partial charge in [0.2, 0.25) is 12.7 Å². The van der Waals surface area contributed by atoms with Crippen molar-refractivity contribution in [2.24, 2.45) is 23.7 Å². The van der Waals surface area contributed by atoms with E-state index >= 15 is 0 Å². The number of allylic oxidation sites excluding steroid dienone is 2. The van der Waals surface area contributed by atoms with Crippen LogP contribution in [0.25, 0.3) is 0 Å². The number of carbonyl (C=O) groups is 2. The number of ether oxygens (including phenoxy) is 2. The van der Waals surface area contributed by atoms with Gasteiger partial charge in [-0.25, -0.2) is 0 Å². The molecule has 0 spiro atoms. The summed E-state index contributed by atoms with van der Waals surface area (Å²) >= 11 is 0. The largest absolute Gasteiger partial charge is 0.481 e. The molecule has 0 aromatic heterocycles. The lowest BCUT2D eigenvalue weighted by Gasteiger charge is -2.26. The van der Waals surface area contributed by atoms with Crippen LogP contribution in [0, 0.1) is 23.7 Å². The minimum absolute atomic E-state index is 0.0139. The first-order valence-electron chi connectivity index (χ1n) is 8.58. The summed E-state index contributed by atoms with van der Waals surface area (Å²) in [7, 11) is 0. The lowest BCUT2D eigenvalue weighted by molar-refractivity contribution is -0.148. The number of nitrogens with one attached hydrogen (secondary N) is 1. The second kappa shape index (κ2) is 5.79. The number of carboxylic acid groups (broad SMARTS) is 1. The summed E-state index contributed by atoms with van der Waals surface area (Å²) in [6, 6.07) is 5.20. The van der Waals surface area contributed by atoms with Gasteiger partial charge in [-0.3, -0.25) is 9.59 Å². The number of fused-ring (bicyclic) bond motifs is 3. The second-order valence-electron chi connectivity index (χ2n) is 7.19. The Morgan fingerprint density at radius 1 is 1.08 bits per heavy atom. The highest BCUT2D eigenvalue weighted by Crippen LogP contribution is 2.57. The highest BCUT2D eigenvalue weighted by Gasteiger charge is 2.57. The molecule has 1 aliphatic heterocycles. The molecule has 0 unspecified atom stereocenters. The van der Waals surface area contributed by atoms with E-state index in [1.165, 1.54) is 5.57 Å². The number of carboxylic acids is 1. The summed E-state index contributed by atoms with van der Waals surface area (Å²) in [6.45, 7) is 4.19. The maximum absolute atomic E-state index is 12.9. The smallest absolute Gasteiger partial charge is 0.307 e. The van der Waals surface area contributed by atoms with Crippen molar-refractivity contribution in [3.05, 3.63) is 29.3 Å². The fraction of sp³-hybridized carbons (Fsp3) is 0.474. The van der Waals surface area contributed by atoms with Crippen molar-refractivity contribution in [1.29, 1.82) is 0 Å². The SMILES string of the molecule is CC(C)=C1[C@H]2CC[C@H]1[C@@H](C(=O)O)[C@H]2C(=O)Nc1ccc2c(c1)OCO2. The zero-order valence-corrected chi connectivity index (χ0v) is 14.2. The minimum Gasteiger partial charge on any atom is -0.481 e. The molecule has 2 fully saturated rings. The van der Waals surface area contributed by atoms with E-state index in [0.717, 1.165) is 18.4 Å². The summed E-state index contributed by atoms with van der Waals surface area (Å²) in [6.07, 6.45) is 1.74. The molecule has 2 saturated carbocycles. The molecule has 2 bridgehead atoms. The van der Waals surface area contributed by atoms with E-state index in [4.69, 9.17) is 9.47 Å². The van der Waals surface area contributed by atoms with Gasteiger partial charge in [0.15, 0.2) is 11.5 Å². The number of anilines is 1. The van der Waals surface area contributed by atoms with Gasteiger partial charge in [0.05, 0.1) is 11.8 Å². The van der Waals surface area contributed by atoms with Gasteiger partial charge in [0.1, 0.15) is 0 Å². The van der Waals surface area contributed by atoms with Gasteiger partial charge in [-0.15, -0.1) is 0 Å². The Hall–Kier alpha value is -2.50. The first-order valence-corrected chi connectivity index (χ1v) is 8.58. The molecule has 2 aliphatic carbocycles. The number of benzene rings is 1. The molecular formula is C19H21NO5. The quantitative estimate of drug-likeness (QED) is 0.824. The Labute approximate surface area is 145 Å². The highest BCUT2D eigenvalue weighted by molar-refractivity contribution is 5.97. The maximum Gasteiger partial charge on any atom is 0.307 e. The third-order valence-corrected chi connectivity index (χ3v) is 5.65. The highest BCUT2D eigenvalue weighted by atomic mass is 16.7. The third kappa shape index (κ3) is 2.47. The Balaban J connectivity index is 1.60. The lowest BCUT2D eigenvalue weighted by atomic mass is 9.78. The van der Waals surface area contributed by atoms with Crippen LogP contribution in [-0.4, -0.2) is 23.8 Å². The van der Waals surface area contributed by atoms with Gasteiger partial charge >= 0.3 is 5.97 Å². The number of amides is 1. The molecule has 3 aliphatic rings. The van der Waals surface area contributed by atoms with Gasteiger partial charge in [-0.2, -0.15) is 0 Å². The van der Waals surface area contributed by atoms with Crippen LogP contribution >= 0.6 is 0 Å². The topological polar surface area (TPSA) is 84.9 Å². The first kappa shape index (κ1) is 16.0. The Bertz CT molecular complexity index is 780. The summed E-state index contributed by atoms with van der Waals surface area (Å²) in [5.74, 6) is -1.01. The minimum atomic E-state index is -0.878. The molecule has 1 aromatic carbocycles. The lowest BCUT2D eigenvalue weighted by Crippen LogP contribution is -2.37. The summed E-state index contributed by atoms with van der Waals surface area (Å²) in [4.78, 5) is 24.8. The molecule has 2 N–H and O–H groups in total. The molecule has 1 heterocycles. The Morgan fingerprint density at radius 3 is 2.44 bits per heavy atom. The Kier molecular flexibility index (Phi) is 3.71. The van der Waals surface area contributed by atoms with Gasteiger partial charge in [0, 0.05) is 11.8 Å². The van der Waals surface area contributed by atoms with Gasteiger partial charge in [-0.05, 0) is 50.7 Å². The van der Waals surface area contributed by atoms with Crippen molar-refractivity contribution in [3.8, 4) is 11.5 Å². The first-order chi connectivity index (χ1) is 12.0. The molecule has 0 saturated heterocycles. The average Bonchev–Trinajstić information content (AvgIpc) is 3.26. The van der Waals surface area contributed by atoms with Gasteiger partial charge in [-0.1, -0.05) is 11.1 Å². The fourth-order valence-electron chi connectivity index (χ4n) is 4.80. The maximum atomic E-state index is 12.9. The van der Waals surface area contributed by atoms with E-state index in [0.29, 0.717) is 17.2 Å². The Morgan fingerprint density at radius 2 is 1.76 bits per heavy atom. The van der Waals surface area contributed by atoms with Crippen molar-refractivity contribution < 1.29 is 24.2 Å². The van der Waals surface area contributed by atoms with Crippen LogP contribution in [0.1, 0.15) is 26.7 Å². The fourth-order valence-corrected chi connectivity index (χ4v) is 4.80. The monoisotopic (exact) mass is 343 g/mol. The molecule has 1 amide bonds. The van der Waals surface area contributed by atoms with Crippen LogP contribution in [0.15, 0.2) is 29.3 Å².